The smallest absolute Gasteiger partial charge is 0.131 e. The van der Waals surface area contributed by atoms with E-state index in [4.69, 9.17) is 9.15 Å². The van der Waals surface area contributed by atoms with Crippen LogP contribution in [0, 0.1) is 29.1 Å². The normalized spacial score (nSPS) is 30.4. The van der Waals surface area contributed by atoms with Gasteiger partial charge >= 0.3 is 0 Å². The maximum absolute atomic E-state index is 9.31. The molecule has 0 aromatic carbocycles. The standard InChI is InChI=1S/C31H27NO2/c32-18-19-5-3-6-20(13-19)21-7-4-8-22(14-21)23-11-12-29-25(15-23)27-17-30-26(16-31(27)34-29)24-9-1-2-10-28(24)33-30/h2,4-5,7-8,10-13,16-17,22-23,26,30H,1,3,6,9,14-15H2. The first-order valence-electron chi connectivity index (χ1n) is 12.6. The predicted octanol–water partition coefficient (Wildman–Crippen LogP) is 5.33. The summed E-state index contributed by atoms with van der Waals surface area (Å²) < 4.78 is 12.7. The van der Waals surface area contributed by atoms with Crippen LogP contribution in [-0.4, -0.2) is 6.10 Å². The Bertz CT molecular complexity index is 1460. The number of furan rings is 1. The molecule has 168 valence electrons. The highest BCUT2D eigenvalue weighted by Crippen LogP contribution is 2.40. The van der Waals surface area contributed by atoms with Crippen molar-refractivity contribution in [3.63, 3.8) is 0 Å². The van der Waals surface area contributed by atoms with Crippen molar-refractivity contribution < 1.29 is 9.15 Å². The molecule has 5 aliphatic carbocycles. The van der Waals surface area contributed by atoms with Crippen LogP contribution in [0.4, 0.5) is 0 Å². The molecule has 4 unspecified atom stereocenters. The van der Waals surface area contributed by atoms with Crippen LogP contribution in [0.15, 0.2) is 81.1 Å². The Morgan fingerprint density at radius 2 is 1.91 bits per heavy atom. The van der Waals surface area contributed by atoms with Gasteiger partial charge in [0.2, 0.25) is 0 Å². The van der Waals surface area contributed by atoms with Crippen molar-refractivity contribution in [2.45, 2.75) is 44.6 Å². The van der Waals surface area contributed by atoms with E-state index in [1.165, 1.54) is 27.5 Å². The lowest BCUT2D eigenvalue weighted by atomic mass is 9.76. The molecule has 0 saturated carbocycles. The second-order valence-corrected chi connectivity index (χ2v) is 10.1. The minimum atomic E-state index is 0.0936. The van der Waals surface area contributed by atoms with Crippen LogP contribution in [0.3, 0.4) is 0 Å². The number of hydrogen-bond donors (Lipinski definition) is 0. The molecule has 0 fully saturated rings. The lowest BCUT2D eigenvalue weighted by Crippen LogP contribution is -2.35. The van der Waals surface area contributed by atoms with Crippen LogP contribution in [-0.2, 0) is 11.2 Å². The molecule has 7 rings (SSSR count). The van der Waals surface area contributed by atoms with E-state index < -0.39 is 0 Å². The van der Waals surface area contributed by atoms with E-state index in [1.54, 1.807) is 0 Å². The van der Waals surface area contributed by atoms with Gasteiger partial charge in [-0.2, -0.15) is 5.26 Å². The Balaban J connectivity index is 1.15. The monoisotopic (exact) mass is 445 g/mol. The van der Waals surface area contributed by atoms with Crippen molar-refractivity contribution in [3.05, 3.63) is 98.6 Å². The highest BCUT2D eigenvalue weighted by Gasteiger charge is 2.37. The Morgan fingerprint density at radius 3 is 2.85 bits per heavy atom. The van der Waals surface area contributed by atoms with Gasteiger partial charge in [0.05, 0.1) is 6.07 Å². The summed E-state index contributed by atoms with van der Waals surface area (Å²) in [5, 5.41) is 10.6. The van der Waals surface area contributed by atoms with Crippen LogP contribution in [0.25, 0.3) is 18.2 Å². The first-order chi connectivity index (χ1) is 16.8. The summed E-state index contributed by atoms with van der Waals surface area (Å²) in [4.78, 5) is 0. The Hall–Kier alpha value is -3.51. The van der Waals surface area contributed by atoms with E-state index in [-0.39, 0.29) is 6.10 Å². The topological polar surface area (TPSA) is 46.2 Å². The van der Waals surface area contributed by atoms with E-state index in [1.807, 2.05) is 6.08 Å². The number of nitriles is 1. The third-order valence-corrected chi connectivity index (χ3v) is 8.20. The van der Waals surface area contributed by atoms with Gasteiger partial charge in [0.15, 0.2) is 0 Å². The third kappa shape index (κ3) is 3.16. The number of nitrogens with zero attached hydrogens (tertiary/aromatic N) is 1. The van der Waals surface area contributed by atoms with Gasteiger partial charge in [-0.15, -0.1) is 0 Å². The lowest BCUT2D eigenvalue weighted by molar-refractivity contribution is 0.189. The molecule has 1 aromatic heterocycles. The van der Waals surface area contributed by atoms with Crippen LogP contribution in [0.5, 0.6) is 0 Å². The molecule has 3 heteroatoms. The second kappa shape index (κ2) is 7.77. The molecule has 0 saturated heterocycles. The zero-order chi connectivity index (χ0) is 22.6. The number of rotatable bonds is 2. The van der Waals surface area contributed by atoms with Gasteiger partial charge in [-0.1, -0.05) is 36.5 Å². The fraction of sp³-hybridized carbons (Fsp3) is 0.323. The highest BCUT2D eigenvalue weighted by atomic mass is 16.5. The Labute approximate surface area is 199 Å². The predicted molar refractivity (Wildman–Crippen MR) is 133 cm³/mol. The molecule has 0 bridgehead atoms. The van der Waals surface area contributed by atoms with Crippen LogP contribution in [0.2, 0.25) is 0 Å². The molecule has 0 radical (unpaired) electrons. The van der Waals surface area contributed by atoms with E-state index in [9.17, 15) is 5.26 Å². The SMILES string of the molecule is N#CC1=CCCC(C2=CC=CC(C3C=Cc4oc5c(c4C3)=CC3OC4=C(CCC=C4)C3C=5)C2)=C1. The Kier molecular flexibility index (Phi) is 4.55. The van der Waals surface area contributed by atoms with Crippen molar-refractivity contribution in [2.24, 2.45) is 17.8 Å². The molecule has 3 nitrogen and oxygen atoms in total. The number of allylic oxidation sites excluding steroid dienone is 11. The highest BCUT2D eigenvalue weighted by molar-refractivity contribution is 5.59. The molecule has 6 aliphatic rings. The van der Waals surface area contributed by atoms with E-state index >= 15 is 0 Å². The van der Waals surface area contributed by atoms with Crippen molar-refractivity contribution in [2.75, 3.05) is 0 Å². The molecule has 0 amide bonds. The molecule has 34 heavy (non-hydrogen) atoms. The Morgan fingerprint density at radius 1 is 0.971 bits per heavy atom. The van der Waals surface area contributed by atoms with E-state index in [0.29, 0.717) is 17.8 Å². The summed E-state index contributed by atoms with van der Waals surface area (Å²) in [5.74, 6) is 3.29. The molecule has 0 N–H and O–H groups in total. The van der Waals surface area contributed by atoms with Crippen molar-refractivity contribution in [1.82, 2.24) is 0 Å². The zero-order valence-electron chi connectivity index (χ0n) is 19.2. The largest absolute Gasteiger partial charge is 0.485 e. The minimum absolute atomic E-state index is 0.0936. The quantitative estimate of drug-likeness (QED) is 0.618. The first kappa shape index (κ1) is 19.9. The summed E-state index contributed by atoms with van der Waals surface area (Å²) >= 11 is 0. The second-order valence-electron chi connectivity index (χ2n) is 10.1. The molecule has 0 spiro atoms. The number of hydrogen-bond acceptors (Lipinski definition) is 3. The summed E-state index contributed by atoms with van der Waals surface area (Å²) in [5.41, 5.74) is 7.28. The zero-order valence-corrected chi connectivity index (χ0v) is 19.2. The number of fused-ring (bicyclic) bond motifs is 5. The van der Waals surface area contributed by atoms with E-state index in [0.717, 1.165) is 61.0 Å². The lowest BCUT2D eigenvalue weighted by Gasteiger charge is -2.28. The van der Waals surface area contributed by atoms with Crippen LogP contribution >= 0.6 is 0 Å². The fourth-order valence-electron chi connectivity index (χ4n) is 6.43. The summed E-state index contributed by atoms with van der Waals surface area (Å²) in [7, 11) is 0. The maximum atomic E-state index is 9.31. The van der Waals surface area contributed by atoms with Crippen molar-refractivity contribution in [1.29, 1.82) is 5.26 Å². The van der Waals surface area contributed by atoms with E-state index in [2.05, 4.69) is 66.8 Å². The maximum Gasteiger partial charge on any atom is 0.131 e. The minimum Gasteiger partial charge on any atom is -0.485 e. The first-order valence-corrected chi connectivity index (χ1v) is 12.6. The van der Waals surface area contributed by atoms with Crippen LogP contribution < -0.4 is 10.6 Å². The van der Waals surface area contributed by atoms with Crippen molar-refractivity contribution in [3.8, 4) is 6.07 Å². The van der Waals surface area contributed by atoms with Gasteiger partial charge in [0, 0.05) is 22.3 Å². The summed E-state index contributed by atoms with van der Waals surface area (Å²) in [6, 6.07) is 2.31. The van der Waals surface area contributed by atoms with Gasteiger partial charge in [-0.25, -0.2) is 0 Å². The van der Waals surface area contributed by atoms with Crippen molar-refractivity contribution >= 4 is 18.2 Å². The molecular formula is C31H27NO2. The summed E-state index contributed by atoms with van der Waals surface area (Å²) in [6.45, 7) is 0. The fourth-order valence-corrected chi connectivity index (χ4v) is 6.43. The average molecular weight is 446 g/mol. The average Bonchev–Trinajstić information content (AvgIpc) is 3.44. The summed E-state index contributed by atoms with van der Waals surface area (Å²) in [6.07, 6.45) is 30.7. The van der Waals surface area contributed by atoms with Crippen LogP contribution in [0.1, 0.15) is 43.4 Å². The van der Waals surface area contributed by atoms with Gasteiger partial charge in [-0.3, -0.25) is 0 Å². The molecule has 2 heterocycles. The van der Waals surface area contributed by atoms with Gasteiger partial charge in [-0.05, 0) is 97.5 Å². The third-order valence-electron chi connectivity index (χ3n) is 8.20. The van der Waals surface area contributed by atoms with Gasteiger partial charge < -0.3 is 9.15 Å². The number of ether oxygens (including phenoxy) is 1. The molecular weight excluding hydrogens is 418 g/mol. The van der Waals surface area contributed by atoms with Gasteiger partial charge in [0.1, 0.15) is 23.0 Å². The van der Waals surface area contributed by atoms with Gasteiger partial charge in [0.25, 0.3) is 0 Å². The molecule has 4 atom stereocenters. The molecule has 1 aliphatic heterocycles. The molecule has 1 aromatic rings.